The highest BCUT2D eigenvalue weighted by atomic mass is 35.5. The fourth-order valence-corrected chi connectivity index (χ4v) is 1.79. The fraction of sp³-hybridized carbons (Fsp3) is 0.133. The molecule has 0 radical (unpaired) electrons. The number of carbonyl (C=O) groups is 2. The summed E-state index contributed by atoms with van der Waals surface area (Å²) in [7, 11) is 0. The summed E-state index contributed by atoms with van der Waals surface area (Å²) in [6, 6.07) is 10.4. The summed E-state index contributed by atoms with van der Waals surface area (Å²) < 4.78 is 0. The van der Waals surface area contributed by atoms with Crippen molar-refractivity contribution < 1.29 is 9.59 Å². The molecule has 1 amide bonds. The molecule has 0 bridgehead atoms. The van der Waals surface area contributed by atoms with Gasteiger partial charge in [0.05, 0.1) is 12.2 Å². The molecule has 1 aromatic carbocycles. The molecular weight excluding hydrogens is 290 g/mol. The average Bonchev–Trinajstić information content (AvgIpc) is 2.52. The third-order valence-corrected chi connectivity index (χ3v) is 3.00. The number of aromatic nitrogens is 1. The highest BCUT2D eigenvalue weighted by Crippen LogP contribution is 2.07. The van der Waals surface area contributed by atoms with E-state index in [4.69, 9.17) is 11.6 Å². The lowest BCUT2D eigenvalue weighted by Gasteiger charge is -2.07. The number of benzene rings is 1. The molecule has 0 spiro atoms. The number of hydrogen-bond acceptors (Lipinski definition) is 4. The summed E-state index contributed by atoms with van der Waals surface area (Å²) in [5.74, 6) is -0.128. The number of carbonyl (C=O) groups excluding carboxylic acids is 2. The van der Waals surface area contributed by atoms with E-state index in [-0.39, 0.29) is 12.5 Å². The molecule has 0 aliphatic rings. The van der Waals surface area contributed by atoms with Gasteiger partial charge in [-0.25, -0.2) is 0 Å². The molecule has 108 valence electrons. The lowest BCUT2D eigenvalue weighted by Crippen LogP contribution is -2.29. The van der Waals surface area contributed by atoms with E-state index in [0.717, 1.165) is 11.3 Å². The van der Waals surface area contributed by atoms with Crippen LogP contribution in [0.3, 0.4) is 0 Å². The minimum atomic E-state index is -0.494. The highest BCUT2D eigenvalue weighted by Gasteiger charge is 2.03. The Bertz CT molecular complexity index is 615. The van der Waals surface area contributed by atoms with Gasteiger partial charge in [0.2, 0.25) is 5.91 Å². The molecule has 0 unspecified atom stereocenters. The van der Waals surface area contributed by atoms with Gasteiger partial charge in [-0.15, -0.1) is 0 Å². The second kappa shape index (κ2) is 7.40. The monoisotopic (exact) mass is 303 g/mol. The van der Waals surface area contributed by atoms with Crippen molar-refractivity contribution in [3.63, 3.8) is 0 Å². The number of pyridine rings is 1. The summed E-state index contributed by atoms with van der Waals surface area (Å²) in [5.41, 5.74) is 2.12. The van der Waals surface area contributed by atoms with Crippen LogP contribution in [0.2, 0.25) is 0 Å². The maximum atomic E-state index is 11.7. The number of nitrogens with one attached hydrogen (secondary N) is 2. The van der Waals surface area contributed by atoms with Crippen molar-refractivity contribution in [2.45, 2.75) is 6.54 Å². The van der Waals surface area contributed by atoms with Crippen molar-refractivity contribution in [1.29, 1.82) is 0 Å². The first-order chi connectivity index (χ1) is 10.1. The third kappa shape index (κ3) is 4.89. The second-order valence-electron chi connectivity index (χ2n) is 4.34. The molecule has 0 aliphatic carbocycles. The van der Waals surface area contributed by atoms with Crippen LogP contribution >= 0.6 is 11.6 Å². The number of amides is 1. The smallest absolute Gasteiger partial charge is 0.252 e. The van der Waals surface area contributed by atoms with Gasteiger partial charge in [-0.1, -0.05) is 12.1 Å². The predicted octanol–water partition coefficient (Wildman–Crippen LogP) is 2.19. The Morgan fingerprint density at radius 3 is 2.52 bits per heavy atom. The van der Waals surface area contributed by atoms with Gasteiger partial charge in [0.15, 0.2) is 0 Å². The molecular formula is C15H14ClN3O2. The third-order valence-electron chi connectivity index (χ3n) is 2.79. The lowest BCUT2D eigenvalue weighted by molar-refractivity contribution is -0.119. The Morgan fingerprint density at radius 2 is 1.90 bits per heavy atom. The van der Waals surface area contributed by atoms with E-state index in [2.05, 4.69) is 15.6 Å². The van der Waals surface area contributed by atoms with Crippen LogP contribution in [0.5, 0.6) is 0 Å². The van der Waals surface area contributed by atoms with Crippen LogP contribution in [-0.4, -0.2) is 22.7 Å². The van der Waals surface area contributed by atoms with E-state index in [1.165, 1.54) is 0 Å². The van der Waals surface area contributed by atoms with Crippen LogP contribution in [0.1, 0.15) is 15.9 Å². The number of anilines is 1. The van der Waals surface area contributed by atoms with Crippen molar-refractivity contribution in [3.05, 3.63) is 59.9 Å². The van der Waals surface area contributed by atoms with Crippen LogP contribution in [0.15, 0.2) is 48.8 Å². The summed E-state index contributed by atoms with van der Waals surface area (Å²) in [6.07, 6.45) is 3.32. The minimum Gasteiger partial charge on any atom is -0.375 e. The molecule has 2 N–H and O–H groups in total. The molecule has 0 saturated carbocycles. The molecule has 0 atom stereocenters. The van der Waals surface area contributed by atoms with E-state index < -0.39 is 5.24 Å². The van der Waals surface area contributed by atoms with Gasteiger partial charge in [0.25, 0.3) is 5.24 Å². The maximum absolute atomic E-state index is 11.7. The Hall–Kier alpha value is -2.40. The number of halogens is 1. The van der Waals surface area contributed by atoms with Crippen LogP contribution < -0.4 is 10.6 Å². The molecule has 0 fully saturated rings. The van der Waals surface area contributed by atoms with Gasteiger partial charge < -0.3 is 10.6 Å². The summed E-state index contributed by atoms with van der Waals surface area (Å²) >= 11 is 5.36. The van der Waals surface area contributed by atoms with Crippen molar-refractivity contribution in [2.75, 3.05) is 11.9 Å². The topological polar surface area (TPSA) is 71.1 Å². The van der Waals surface area contributed by atoms with Gasteiger partial charge in [-0.2, -0.15) is 0 Å². The van der Waals surface area contributed by atoms with Gasteiger partial charge >= 0.3 is 0 Å². The standard InChI is InChI=1S/C15H14ClN3O2/c16-15(21)12-5-3-11(4-6-12)8-19-14(20)10-18-13-2-1-7-17-9-13/h1-7,9,18H,8,10H2,(H,19,20). The van der Waals surface area contributed by atoms with Crippen LogP contribution in [0.4, 0.5) is 5.69 Å². The zero-order valence-electron chi connectivity index (χ0n) is 11.2. The molecule has 21 heavy (non-hydrogen) atoms. The predicted molar refractivity (Wildman–Crippen MR) is 81.2 cm³/mol. The quantitative estimate of drug-likeness (QED) is 0.803. The van der Waals surface area contributed by atoms with E-state index in [1.54, 1.807) is 42.7 Å². The van der Waals surface area contributed by atoms with Crippen molar-refractivity contribution >= 4 is 28.4 Å². The Morgan fingerprint density at radius 1 is 1.14 bits per heavy atom. The largest absolute Gasteiger partial charge is 0.375 e. The summed E-state index contributed by atoms with van der Waals surface area (Å²) in [5, 5.41) is 5.25. The molecule has 5 nitrogen and oxygen atoms in total. The normalized spacial score (nSPS) is 9.95. The number of rotatable bonds is 6. The van der Waals surface area contributed by atoms with E-state index >= 15 is 0 Å². The molecule has 0 aliphatic heterocycles. The van der Waals surface area contributed by atoms with Crippen molar-refractivity contribution in [2.24, 2.45) is 0 Å². The molecule has 6 heteroatoms. The Balaban J connectivity index is 1.77. The van der Waals surface area contributed by atoms with Gasteiger partial charge in [-0.3, -0.25) is 14.6 Å². The first-order valence-electron chi connectivity index (χ1n) is 6.34. The van der Waals surface area contributed by atoms with E-state index in [1.807, 2.05) is 6.07 Å². The highest BCUT2D eigenvalue weighted by molar-refractivity contribution is 6.67. The average molecular weight is 304 g/mol. The summed E-state index contributed by atoms with van der Waals surface area (Å²) in [4.78, 5) is 26.6. The van der Waals surface area contributed by atoms with E-state index in [0.29, 0.717) is 12.1 Å². The lowest BCUT2D eigenvalue weighted by atomic mass is 10.1. The molecule has 1 aromatic heterocycles. The SMILES string of the molecule is O=C(CNc1cccnc1)NCc1ccc(C(=O)Cl)cc1. The van der Waals surface area contributed by atoms with Gasteiger partial charge in [0, 0.05) is 24.5 Å². The fourth-order valence-electron chi connectivity index (χ4n) is 1.67. The van der Waals surface area contributed by atoms with Crippen LogP contribution in [0.25, 0.3) is 0 Å². The first-order valence-corrected chi connectivity index (χ1v) is 6.72. The van der Waals surface area contributed by atoms with Gasteiger partial charge in [0.1, 0.15) is 0 Å². The zero-order chi connectivity index (χ0) is 15.1. The second-order valence-corrected chi connectivity index (χ2v) is 4.69. The summed E-state index contributed by atoms with van der Waals surface area (Å²) in [6.45, 7) is 0.564. The number of nitrogens with zero attached hydrogens (tertiary/aromatic N) is 1. The molecule has 1 heterocycles. The first kappa shape index (κ1) is 15.0. The van der Waals surface area contributed by atoms with Crippen molar-refractivity contribution in [1.82, 2.24) is 10.3 Å². The Labute approximate surface area is 127 Å². The van der Waals surface area contributed by atoms with Crippen LogP contribution in [-0.2, 0) is 11.3 Å². The molecule has 0 saturated heterocycles. The molecule has 2 rings (SSSR count). The Kier molecular flexibility index (Phi) is 5.29. The van der Waals surface area contributed by atoms with Crippen molar-refractivity contribution in [3.8, 4) is 0 Å². The van der Waals surface area contributed by atoms with E-state index in [9.17, 15) is 9.59 Å². The minimum absolute atomic E-state index is 0.128. The molecule has 2 aromatic rings. The maximum Gasteiger partial charge on any atom is 0.252 e. The zero-order valence-corrected chi connectivity index (χ0v) is 11.9. The number of hydrogen-bond donors (Lipinski definition) is 2. The van der Waals surface area contributed by atoms with Gasteiger partial charge in [-0.05, 0) is 41.4 Å². The van der Waals surface area contributed by atoms with Crippen LogP contribution in [0, 0.1) is 0 Å².